The van der Waals surface area contributed by atoms with Crippen molar-refractivity contribution in [2.75, 3.05) is 26.7 Å². The van der Waals surface area contributed by atoms with Crippen molar-refractivity contribution in [3.63, 3.8) is 0 Å². The molecule has 25 heavy (non-hydrogen) atoms. The van der Waals surface area contributed by atoms with Gasteiger partial charge in [-0.25, -0.2) is 0 Å². The first-order valence-electron chi connectivity index (χ1n) is 9.54. The zero-order valence-electron chi connectivity index (χ0n) is 15.2. The van der Waals surface area contributed by atoms with Gasteiger partial charge in [0.25, 0.3) is 0 Å². The van der Waals surface area contributed by atoms with Gasteiger partial charge in [-0.1, -0.05) is 31.2 Å². The van der Waals surface area contributed by atoms with Gasteiger partial charge in [0.05, 0.1) is 0 Å². The first kappa shape index (κ1) is 16.4. The molecule has 0 bridgehead atoms. The van der Waals surface area contributed by atoms with Crippen LogP contribution in [0.5, 0.6) is 0 Å². The van der Waals surface area contributed by atoms with Crippen LogP contribution in [0.1, 0.15) is 36.8 Å². The number of hydrogen-bond donors (Lipinski definition) is 2. The minimum atomic E-state index is 0.247. The summed E-state index contributed by atoms with van der Waals surface area (Å²) in [5.74, 6) is 3.40. The number of hydrogen-bond acceptors (Lipinski definition) is 2. The van der Waals surface area contributed by atoms with E-state index in [1.165, 1.54) is 6.42 Å². The van der Waals surface area contributed by atoms with Crippen LogP contribution in [0.15, 0.2) is 29.3 Å². The Morgan fingerprint density at radius 1 is 1.36 bits per heavy atom. The van der Waals surface area contributed by atoms with E-state index in [4.69, 9.17) is 0 Å². The maximum Gasteiger partial charge on any atom is 0.222 e. The van der Waals surface area contributed by atoms with E-state index < -0.39 is 0 Å². The summed E-state index contributed by atoms with van der Waals surface area (Å²) in [5.41, 5.74) is 3.11. The molecular weight excluding hydrogens is 312 g/mol. The van der Waals surface area contributed by atoms with Gasteiger partial charge in [0.1, 0.15) is 0 Å². The molecule has 134 valence electrons. The fourth-order valence-electron chi connectivity index (χ4n) is 4.69. The Morgan fingerprint density at radius 3 is 3.00 bits per heavy atom. The number of nitrogens with one attached hydrogen (secondary N) is 2. The third-order valence-corrected chi connectivity index (χ3v) is 6.11. The summed E-state index contributed by atoms with van der Waals surface area (Å²) in [6, 6.07) is 9.19. The predicted molar refractivity (Wildman–Crippen MR) is 99.6 cm³/mol. The number of aliphatic imine (C=N–C) groups is 1. The molecule has 0 spiro atoms. The van der Waals surface area contributed by atoms with Gasteiger partial charge >= 0.3 is 0 Å². The third kappa shape index (κ3) is 3.12. The van der Waals surface area contributed by atoms with Gasteiger partial charge in [-0.3, -0.25) is 9.79 Å². The molecule has 5 nitrogen and oxygen atoms in total. The molecular formula is C20H28N4O. The van der Waals surface area contributed by atoms with Crippen molar-refractivity contribution in [1.29, 1.82) is 0 Å². The van der Waals surface area contributed by atoms with Gasteiger partial charge in [-0.05, 0) is 41.7 Å². The molecule has 1 saturated carbocycles. The number of amides is 1. The molecule has 1 aliphatic heterocycles. The van der Waals surface area contributed by atoms with Crippen molar-refractivity contribution in [1.82, 2.24) is 15.5 Å². The number of benzene rings is 1. The quantitative estimate of drug-likeness (QED) is 0.648. The summed E-state index contributed by atoms with van der Waals surface area (Å²) in [6.07, 6.45) is 2.82. The molecule has 1 amide bonds. The lowest BCUT2D eigenvalue weighted by Crippen LogP contribution is -2.45. The number of rotatable bonds is 4. The first-order valence-corrected chi connectivity index (χ1v) is 9.54. The summed E-state index contributed by atoms with van der Waals surface area (Å²) in [5, 5.41) is 7.00. The highest BCUT2D eigenvalue weighted by Crippen LogP contribution is 2.60. The van der Waals surface area contributed by atoms with Crippen molar-refractivity contribution >= 4 is 11.9 Å². The Morgan fingerprint density at radius 2 is 2.20 bits per heavy atom. The lowest BCUT2D eigenvalue weighted by atomic mass is 10.0. The van der Waals surface area contributed by atoms with E-state index in [2.05, 4.69) is 39.9 Å². The van der Waals surface area contributed by atoms with Crippen LogP contribution in [0.4, 0.5) is 0 Å². The van der Waals surface area contributed by atoms with Crippen LogP contribution in [0.25, 0.3) is 0 Å². The Balaban J connectivity index is 1.26. The second-order valence-corrected chi connectivity index (χ2v) is 7.53. The Hall–Kier alpha value is -2.04. The average molecular weight is 340 g/mol. The van der Waals surface area contributed by atoms with E-state index in [1.54, 1.807) is 11.1 Å². The smallest absolute Gasteiger partial charge is 0.222 e. The summed E-state index contributed by atoms with van der Waals surface area (Å²) < 4.78 is 0. The van der Waals surface area contributed by atoms with Crippen LogP contribution in [-0.4, -0.2) is 49.5 Å². The van der Waals surface area contributed by atoms with Crippen LogP contribution >= 0.6 is 0 Å². The summed E-state index contributed by atoms with van der Waals surface area (Å²) in [4.78, 5) is 18.1. The zero-order valence-corrected chi connectivity index (χ0v) is 15.2. The largest absolute Gasteiger partial charge is 0.356 e. The number of guanidine groups is 1. The van der Waals surface area contributed by atoms with Gasteiger partial charge in [0.15, 0.2) is 5.96 Å². The van der Waals surface area contributed by atoms with Gasteiger partial charge < -0.3 is 15.5 Å². The SMILES string of the molecule is CCC(=O)N1CCC(NC(=NC)NCC2C3Cc4ccccc4C23)C1. The van der Waals surface area contributed by atoms with E-state index in [-0.39, 0.29) is 5.91 Å². The molecule has 1 aromatic carbocycles. The second-order valence-electron chi connectivity index (χ2n) is 7.53. The first-order chi connectivity index (χ1) is 12.2. The molecule has 0 radical (unpaired) electrons. The molecule has 4 atom stereocenters. The molecule has 2 N–H and O–H groups in total. The van der Waals surface area contributed by atoms with Crippen molar-refractivity contribution in [2.45, 2.75) is 38.1 Å². The Labute approximate surface area is 149 Å². The molecule has 4 rings (SSSR count). The minimum Gasteiger partial charge on any atom is -0.356 e. The molecule has 3 aliphatic rings. The van der Waals surface area contributed by atoms with Crippen LogP contribution in [0.2, 0.25) is 0 Å². The highest BCUT2D eigenvalue weighted by Gasteiger charge is 2.54. The number of fused-ring (bicyclic) bond motifs is 3. The van der Waals surface area contributed by atoms with Crippen LogP contribution in [0.3, 0.4) is 0 Å². The Kier molecular flexibility index (Phi) is 4.40. The number of carbonyl (C=O) groups excluding carboxylic acids is 1. The molecule has 1 heterocycles. The molecule has 0 aromatic heterocycles. The fourth-order valence-corrected chi connectivity index (χ4v) is 4.69. The van der Waals surface area contributed by atoms with E-state index >= 15 is 0 Å². The van der Waals surface area contributed by atoms with E-state index in [0.717, 1.165) is 49.8 Å². The maximum absolute atomic E-state index is 11.8. The highest BCUT2D eigenvalue weighted by atomic mass is 16.2. The molecule has 5 heteroatoms. The van der Waals surface area contributed by atoms with Gasteiger partial charge in [-0.2, -0.15) is 0 Å². The van der Waals surface area contributed by atoms with Gasteiger partial charge in [0, 0.05) is 39.1 Å². The monoisotopic (exact) mass is 340 g/mol. The summed E-state index contributed by atoms with van der Waals surface area (Å²) >= 11 is 0. The number of likely N-dealkylation sites (tertiary alicyclic amines) is 1. The highest BCUT2D eigenvalue weighted by molar-refractivity contribution is 5.80. The molecule has 1 aromatic rings. The van der Waals surface area contributed by atoms with Crippen molar-refractivity contribution < 1.29 is 4.79 Å². The standard InChI is InChI=1S/C20H28N4O/c1-3-18(25)24-9-8-14(12-24)23-20(21-2)22-11-17-16-10-13-6-4-5-7-15(13)19(16)17/h4-7,14,16-17,19H,3,8-12H2,1-2H3,(H2,21,22,23). The van der Waals surface area contributed by atoms with E-state index in [0.29, 0.717) is 12.5 Å². The second kappa shape index (κ2) is 6.70. The normalized spacial score (nSPS) is 30.0. The van der Waals surface area contributed by atoms with Gasteiger partial charge in [-0.15, -0.1) is 0 Å². The van der Waals surface area contributed by atoms with Crippen LogP contribution in [-0.2, 0) is 11.2 Å². The summed E-state index contributed by atoms with van der Waals surface area (Å²) in [7, 11) is 1.82. The zero-order chi connectivity index (χ0) is 17.4. The number of carbonyl (C=O) groups is 1. The lowest BCUT2D eigenvalue weighted by molar-refractivity contribution is -0.129. The topological polar surface area (TPSA) is 56.7 Å². The van der Waals surface area contributed by atoms with Crippen LogP contribution in [0, 0.1) is 11.8 Å². The van der Waals surface area contributed by atoms with Crippen LogP contribution < -0.4 is 10.6 Å². The lowest BCUT2D eigenvalue weighted by Gasteiger charge is -2.19. The Bertz CT molecular complexity index is 686. The maximum atomic E-state index is 11.8. The molecule has 2 aliphatic carbocycles. The van der Waals surface area contributed by atoms with E-state index in [1.807, 2.05) is 18.9 Å². The van der Waals surface area contributed by atoms with Crippen molar-refractivity contribution in [2.24, 2.45) is 16.8 Å². The molecule has 2 fully saturated rings. The fraction of sp³-hybridized carbons (Fsp3) is 0.600. The van der Waals surface area contributed by atoms with Gasteiger partial charge in [0.2, 0.25) is 5.91 Å². The van der Waals surface area contributed by atoms with Crippen molar-refractivity contribution in [3.05, 3.63) is 35.4 Å². The minimum absolute atomic E-state index is 0.247. The molecule has 4 unspecified atom stereocenters. The third-order valence-electron chi connectivity index (χ3n) is 6.11. The predicted octanol–water partition coefficient (Wildman–Crippen LogP) is 1.75. The van der Waals surface area contributed by atoms with Crippen molar-refractivity contribution in [3.8, 4) is 0 Å². The summed E-state index contributed by atoms with van der Waals surface area (Å²) in [6.45, 7) is 4.54. The average Bonchev–Trinajstić information content (AvgIpc) is 3.00. The molecule has 1 saturated heterocycles. The van der Waals surface area contributed by atoms with E-state index in [9.17, 15) is 4.79 Å². The number of nitrogens with zero attached hydrogens (tertiary/aromatic N) is 2.